The molecule has 106 valence electrons. The fourth-order valence-corrected chi connectivity index (χ4v) is 2.91. The van der Waals surface area contributed by atoms with E-state index in [2.05, 4.69) is 16.7 Å². The number of hydrogen-bond donors (Lipinski definition) is 2. The molecule has 0 saturated heterocycles. The molecule has 1 amide bonds. The number of rotatable bonds is 6. The van der Waals surface area contributed by atoms with Gasteiger partial charge in [0.2, 0.25) is 5.91 Å². The van der Waals surface area contributed by atoms with Crippen LogP contribution in [0.1, 0.15) is 23.4 Å². The number of carbonyl (C=O) groups is 1. The van der Waals surface area contributed by atoms with E-state index in [1.165, 1.54) is 0 Å². The van der Waals surface area contributed by atoms with Crippen LogP contribution in [-0.2, 0) is 4.79 Å². The summed E-state index contributed by atoms with van der Waals surface area (Å²) in [7, 11) is 1.86. The maximum atomic E-state index is 12.3. The summed E-state index contributed by atoms with van der Waals surface area (Å²) in [5, 5.41) is 8.23. The first kappa shape index (κ1) is 14.8. The summed E-state index contributed by atoms with van der Waals surface area (Å²) in [5.74, 6) is 0.0211. The second kappa shape index (κ2) is 7.22. The third kappa shape index (κ3) is 3.68. The Morgan fingerprint density at radius 3 is 2.55 bits per heavy atom. The van der Waals surface area contributed by atoms with Gasteiger partial charge in [0.15, 0.2) is 0 Å². The van der Waals surface area contributed by atoms with Gasteiger partial charge in [-0.15, -0.1) is 11.3 Å². The highest BCUT2D eigenvalue weighted by Crippen LogP contribution is 2.26. The van der Waals surface area contributed by atoms with Crippen molar-refractivity contribution in [1.29, 1.82) is 0 Å². The van der Waals surface area contributed by atoms with Crippen LogP contribution in [0.4, 0.5) is 0 Å². The lowest BCUT2D eigenvalue weighted by atomic mass is 10.0. The molecular formula is C16H20N2OS. The lowest BCUT2D eigenvalue weighted by Crippen LogP contribution is -2.36. The van der Waals surface area contributed by atoms with E-state index in [0.717, 1.165) is 10.4 Å². The maximum absolute atomic E-state index is 12.3. The zero-order valence-electron chi connectivity index (χ0n) is 11.8. The van der Waals surface area contributed by atoms with Gasteiger partial charge in [-0.05, 0) is 24.1 Å². The van der Waals surface area contributed by atoms with E-state index < -0.39 is 0 Å². The molecule has 0 bridgehead atoms. The molecule has 2 unspecified atom stereocenters. The van der Waals surface area contributed by atoms with Gasteiger partial charge in [0.25, 0.3) is 0 Å². The zero-order valence-corrected chi connectivity index (χ0v) is 12.6. The molecule has 20 heavy (non-hydrogen) atoms. The predicted octanol–water partition coefficient (Wildman–Crippen LogP) is 2.81. The quantitative estimate of drug-likeness (QED) is 0.858. The molecule has 1 heterocycles. The minimum Gasteiger partial charge on any atom is -0.344 e. The van der Waals surface area contributed by atoms with Crippen molar-refractivity contribution < 1.29 is 4.79 Å². The first-order chi connectivity index (χ1) is 9.72. The Labute approximate surface area is 124 Å². The van der Waals surface area contributed by atoms with Crippen molar-refractivity contribution in [1.82, 2.24) is 10.6 Å². The average molecular weight is 288 g/mol. The molecule has 4 heteroatoms. The summed E-state index contributed by atoms with van der Waals surface area (Å²) in [6, 6.07) is 14.1. The van der Waals surface area contributed by atoms with Crippen molar-refractivity contribution in [3.05, 3.63) is 58.3 Å². The molecule has 0 spiro atoms. The molecule has 0 aliphatic heterocycles. The summed E-state index contributed by atoms with van der Waals surface area (Å²) < 4.78 is 0. The molecular weight excluding hydrogens is 268 g/mol. The molecule has 0 aliphatic carbocycles. The first-order valence-electron chi connectivity index (χ1n) is 6.75. The van der Waals surface area contributed by atoms with E-state index in [9.17, 15) is 4.79 Å². The monoisotopic (exact) mass is 288 g/mol. The minimum absolute atomic E-state index is 0.0498. The van der Waals surface area contributed by atoms with Crippen LogP contribution in [0.2, 0.25) is 0 Å². The molecule has 2 atom stereocenters. The highest BCUT2D eigenvalue weighted by atomic mass is 32.1. The van der Waals surface area contributed by atoms with E-state index in [4.69, 9.17) is 0 Å². The van der Waals surface area contributed by atoms with Crippen LogP contribution in [0.5, 0.6) is 0 Å². The Hall–Kier alpha value is -1.65. The Morgan fingerprint density at radius 1 is 1.20 bits per heavy atom. The largest absolute Gasteiger partial charge is 0.344 e. The normalized spacial score (nSPS) is 13.7. The second-order valence-corrected chi connectivity index (χ2v) is 5.81. The topological polar surface area (TPSA) is 41.1 Å². The number of benzene rings is 1. The van der Waals surface area contributed by atoms with Crippen LogP contribution in [-0.4, -0.2) is 19.5 Å². The van der Waals surface area contributed by atoms with Crippen molar-refractivity contribution in [2.75, 3.05) is 13.6 Å². The summed E-state index contributed by atoms with van der Waals surface area (Å²) in [5.41, 5.74) is 1.11. The average Bonchev–Trinajstić information content (AvgIpc) is 2.99. The SMILES string of the molecule is CNCC(C)C(=O)NC(c1ccccc1)c1cccs1. The van der Waals surface area contributed by atoms with Crippen LogP contribution < -0.4 is 10.6 Å². The number of amides is 1. The van der Waals surface area contributed by atoms with Gasteiger partial charge in [0.1, 0.15) is 0 Å². The molecule has 1 aromatic carbocycles. The van der Waals surface area contributed by atoms with E-state index >= 15 is 0 Å². The number of carbonyl (C=O) groups excluding carboxylic acids is 1. The Balaban J connectivity index is 2.18. The Kier molecular flexibility index (Phi) is 5.32. The Morgan fingerprint density at radius 2 is 1.95 bits per heavy atom. The number of thiophene rings is 1. The highest BCUT2D eigenvalue weighted by Gasteiger charge is 2.20. The van der Waals surface area contributed by atoms with Gasteiger partial charge in [0, 0.05) is 17.3 Å². The molecule has 1 aromatic heterocycles. The van der Waals surface area contributed by atoms with E-state index in [-0.39, 0.29) is 17.9 Å². The van der Waals surface area contributed by atoms with Gasteiger partial charge in [-0.25, -0.2) is 0 Å². The van der Waals surface area contributed by atoms with Gasteiger partial charge in [-0.1, -0.05) is 43.3 Å². The predicted molar refractivity (Wildman–Crippen MR) is 83.8 cm³/mol. The summed E-state index contributed by atoms with van der Waals surface area (Å²) >= 11 is 1.66. The molecule has 3 nitrogen and oxygen atoms in total. The van der Waals surface area contributed by atoms with Crippen molar-refractivity contribution >= 4 is 17.2 Å². The fraction of sp³-hybridized carbons (Fsp3) is 0.312. The smallest absolute Gasteiger partial charge is 0.224 e. The molecule has 2 aromatic rings. The standard InChI is InChI=1S/C16H20N2OS/c1-12(11-17-2)16(19)18-15(14-9-6-10-20-14)13-7-4-3-5-8-13/h3-10,12,15,17H,11H2,1-2H3,(H,18,19). The second-order valence-electron chi connectivity index (χ2n) is 4.83. The van der Waals surface area contributed by atoms with Crippen LogP contribution >= 0.6 is 11.3 Å². The molecule has 0 saturated carbocycles. The third-order valence-corrected chi connectivity index (χ3v) is 4.14. The van der Waals surface area contributed by atoms with Crippen LogP contribution in [0, 0.1) is 5.92 Å². The Bertz CT molecular complexity index is 525. The lowest BCUT2D eigenvalue weighted by molar-refractivity contribution is -0.124. The molecule has 0 fully saturated rings. The van der Waals surface area contributed by atoms with Crippen molar-refractivity contribution in [2.24, 2.45) is 5.92 Å². The maximum Gasteiger partial charge on any atom is 0.224 e. The van der Waals surface area contributed by atoms with Crippen molar-refractivity contribution in [2.45, 2.75) is 13.0 Å². The van der Waals surface area contributed by atoms with Gasteiger partial charge < -0.3 is 10.6 Å². The summed E-state index contributed by atoms with van der Waals surface area (Å²) in [4.78, 5) is 13.4. The minimum atomic E-state index is -0.0667. The van der Waals surface area contributed by atoms with Crippen molar-refractivity contribution in [3.63, 3.8) is 0 Å². The molecule has 0 radical (unpaired) electrons. The molecule has 2 rings (SSSR count). The van der Waals surface area contributed by atoms with Gasteiger partial charge in [0.05, 0.1) is 6.04 Å². The zero-order chi connectivity index (χ0) is 14.4. The highest BCUT2D eigenvalue weighted by molar-refractivity contribution is 7.10. The van der Waals surface area contributed by atoms with E-state index in [1.807, 2.05) is 55.7 Å². The first-order valence-corrected chi connectivity index (χ1v) is 7.63. The molecule has 0 aliphatic rings. The summed E-state index contributed by atoms with van der Waals surface area (Å²) in [6.45, 7) is 2.61. The van der Waals surface area contributed by atoms with E-state index in [1.54, 1.807) is 11.3 Å². The van der Waals surface area contributed by atoms with Crippen LogP contribution in [0.3, 0.4) is 0 Å². The van der Waals surface area contributed by atoms with Crippen molar-refractivity contribution in [3.8, 4) is 0 Å². The summed E-state index contributed by atoms with van der Waals surface area (Å²) in [6.07, 6.45) is 0. The number of nitrogens with one attached hydrogen (secondary N) is 2. The van der Waals surface area contributed by atoms with Gasteiger partial charge in [-0.2, -0.15) is 0 Å². The molecule has 2 N–H and O–H groups in total. The van der Waals surface area contributed by atoms with Gasteiger partial charge >= 0.3 is 0 Å². The van der Waals surface area contributed by atoms with Crippen LogP contribution in [0.25, 0.3) is 0 Å². The fourth-order valence-electron chi connectivity index (χ4n) is 2.10. The van der Waals surface area contributed by atoms with E-state index in [0.29, 0.717) is 6.54 Å². The van der Waals surface area contributed by atoms with Crippen LogP contribution in [0.15, 0.2) is 47.8 Å². The third-order valence-electron chi connectivity index (χ3n) is 3.21. The lowest BCUT2D eigenvalue weighted by Gasteiger charge is -2.20. The number of hydrogen-bond acceptors (Lipinski definition) is 3. The van der Waals surface area contributed by atoms with Gasteiger partial charge in [-0.3, -0.25) is 4.79 Å².